The van der Waals surface area contributed by atoms with Crippen molar-refractivity contribution in [2.24, 2.45) is 0 Å². The minimum absolute atomic E-state index is 0.0535. The summed E-state index contributed by atoms with van der Waals surface area (Å²) < 4.78 is 46.4. The molecule has 3 rings (SSSR count). The van der Waals surface area contributed by atoms with E-state index in [1.807, 2.05) is 30.3 Å². The van der Waals surface area contributed by atoms with E-state index in [1.165, 1.54) is 36.4 Å². The second-order valence-corrected chi connectivity index (χ2v) is 8.98. The normalized spacial score (nSPS) is 11.2. The first-order chi connectivity index (χ1) is 15.3. The number of amides is 1. The molecule has 6 nitrogen and oxygen atoms in total. The summed E-state index contributed by atoms with van der Waals surface area (Å²) in [7, 11) is -2.41. The lowest BCUT2D eigenvalue weighted by molar-refractivity contribution is 0.0679. The van der Waals surface area contributed by atoms with Crippen molar-refractivity contribution >= 4 is 21.6 Å². The molecule has 0 unspecified atom stereocenters. The molecule has 32 heavy (non-hydrogen) atoms. The molecular weight excluding hydrogens is 431 g/mol. The lowest BCUT2D eigenvalue weighted by atomic mass is 10.1. The van der Waals surface area contributed by atoms with Crippen molar-refractivity contribution in [3.63, 3.8) is 0 Å². The Balaban J connectivity index is 1.89. The van der Waals surface area contributed by atoms with Crippen molar-refractivity contribution in [1.29, 1.82) is 0 Å². The summed E-state index contributed by atoms with van der Waals surface area (Å²) in [6.07, 6.45) is 0. The second kappa shape index (κ2) is 10.4. The summed E-state index contributed by atoms with van der Waals surface area (Å²) in [6.45, 7) is 2.83. The van der Waals surface area contributed by atoms with Gasteiger partial charge in [0.25, 0.3) is 15.9 Å². The maximum absolute atomic E-state index is 13.4. The number of hydrogen-bond acceptors (Lipinski definition) is 4. The maximum atomic E-state index is 13.4. The van der Waals surface area contributed by atoms with Crippen LogP contribution in [0.4, 0.5) is 10.1 Å². The summed E-state index contributed by atoms with van der Waals surface area (Å²) in [5, 5.41) is 0. The molecule has 0 spiro atoms. The Bertz CT molecular complexity index is 1170. The van der Waals surface area contributed by atoms with Crippen LogP contribution < -0.4 is 4.72 Å². The molecular formula is C24H25FN2O4S. The van der Waals surface area contributed by atoms with Gasteiger partial charge in [-0.1, -0.05) is 36.4 Å². The van der Waals surface area contributed by atoms with Gasteiger partial charge < -0.3 is 9.64 Å². The zero-order valence-corrected chi connectivity index (χ0v) is 18.7. The van der Waals surface area contributed by atoms with Crippen LogP contribution in [0.3, 0.4) is 0 Å². The van der Waals surface area contributed by atoms with E-state index in [4.69, 9.17) is 4.74 Å². The summed E-state index contributed by atoms with van der Waals surface area (Å²) in [4.78, 5) is 14.9. The molecule has 1 N–H and O–H groups in total. The van der Waals surface area contributed by atoms with Gasteiger partial charge in [0.2, 0.25) is 0 Å². The van der Waals surface area contributed by atoms with Crippen LogP contribution in [-0.2, 0) is 21.3 Å². The molecule has 0 radical (unpaired) electrons. The second-order valence-electron chi connectivity index (χ2n) is 7.29. The van der Waals surface area contributed by atoms with Crippen LogP contribution in [0.5, 0.6) is 0 Å². The van der Waals surface area contributed by atoms with Crippen molar-refractivity contribution in [2.45, 2.75) is 18.4 Å². The average molecular weight is 457 g/mol. The van der Waals surface area contributed by atoms with Crippen LogP contribution in [0.2, 0.25) is 0 Å². The van der Waals surface area contributed by atoms with Gasteiger partial charge in [-0.2, -0.15) is 0 Å². The standard InChI is InChI=1S/C24H25FN2O4S/c1-18-8-13-22(32(29,30)26-21-11-9-20(25)10-12-21)16-23(18)24(28)27(14-15-31-2)17-19-6-4-3-5-7-19/h3-13,16,26H,14-15,17H2,1-2H3. The van der Waals surface area contributed by atoms with Crippen molar-refractivity contribution in [3.05, 3.63) is 95.3 Å². The average Bonchev–Trinajstić information content (AvgIpc) is 2.78. The number of hydrogen-bond donors (Lipinski definition) is 1. The lowest BCUT2D eigenvalue weighted by Gasteiger charge is -2.24. The van der Waals surface area contributed by atoms with Crippen LogP contribution >= 0.6 is 0 Å². The van der Waals surface area contributed by atoms with E-state index >= 15 is 0 Å². The van der Waals surface area contributed by atoms with Crippen molar-refractivity contribution in [1.82, 2.24) is 4.90 Å². The number of aryl methyl sites for hydroxylation is 1. The fraction of sp³-hybridized carbons (Fsp3) is 0.208. The molecule has 0 aliphatic heterocycles. The SMILES string of the molecule is COCCN(Cc1ccccc1)C(=O)c1cc(S(=O)(=O)Nc2ccc(F)cc2)ccc1C. The molecule has 1 amide bonds. The van der Waals surface area contributed by atoms with E-state index < -0.39 is 15.8 Å². The number of halogens is 1. The molecule has 0 heterocycles. The highest BCUT2D eigenvalue weighted by molar-refractivity contribution is 7.92. The van der Waals surface area contributed by atoms with E-state index in [0.717, 1.165) is 5.56 Å². The number of ether oxygens (including phenoxy) is 1. The van der Waals surface area contributed by atoms with Crippen LogP contribution in [0.1, 0.15) is 21.5 Å². The highest BCUT2D eigenvalue weighted by atomic mass is 32.2. The Morgan fingerprint density at radius 1 is 1.03 bits per heavy atom. The van der Waals surface area contributed by atoms with Gasteiger partial charge in [-0.3, -0.25) is 9.52 Å². The summed E-state index contributed by atoms with van der Waals surface area (Å²) >= 11 is 0. The topological polar surface area (TPSA) is 75.7 Å². The Hall–Kier alpha value is -3.23. The molecule has 0 saturated heterocycles. The van der Waals surface area contributed by atoms with Gasteiger partial charge in [-0.25, -0.2) is 12.8 Å². The van der Waals surface area contributed by atoms with E-state index in [2.05, 4.69) is 4.72 Å². The van der Waals surface area contributed by atoms with Crippen LogP contribution in [0.15, 0.2) is 77.7 Å². The molecule has 0 bridgehead atoms. The van der Waals surface area contributed by atoms with E-state index in [0.29, 0.717) is 30.8 Å². The fourth-order valence-electron chi connectivity index (χ4n) is 3.16. The highest BCUT2D eigenvalue weighted by Crippen LogP contribution is 2.21. The quantitative estimate of drug-likeness (QED) is 0.523. The minimum Gasteiger partial charge on any atom is -0.383 e. The molecule has 0 saturated carbocycles. The van der Waals surface area contributed by atoms with Gasteiger partial charge in [0.15, 0.2) is 0 Å². The summed E-state index contributed by atoms with van der Waals surface area (Å²) in [6, 6.07) is 18.9. The number of benzene rings is 3. The van der Waals surface area contributed by atoms with Crippen LogP contribution in [-0.4, -0.2) is 39.5 Å². The van der Waals surface area contributed by atoms with Gasteiger partial charge in [-0.15, -0.1) is 0 Å². The number of sulfonamides is 1. The molecule has 3 aromatic rings. The van der Waals surface area contributed by atoms with Crippen molar-refractivity contribution < 1.29 is 22.3 Å². The predicted octanol–water partition coefficient (Wildman–Crippen LogP) is 4.22. The Morgan fingerprint density at radius 3 is 2.38 bits per heavy atom. The molecule has 168 valence electrons. The van der Waals surface area contributed by atoms with E-state index in [1.54, 1.807) is 25.0 Å². The van der Waals surface area contributed by atoms with Crippen LogP contribution in [0, 0.1) is 12.7 Å². The van der Waals surface area contributed by atoms with E-state index in [9.17, 15) is 17.6 Å². The number of nitrogens with zero attached hydrogens (tertiary/aromatic N) is 1. The number of anilines is 1. The predicted molar refractivity (Wildman–Crippen MR) is 121 cm³/mol. The third-order valence-corrected chi connectivity index (χ3v) is 6.29. The molecule has 8 heteroatoms. The smallest absolute Gasteiger partial charge is 0.261 e. The first-order valence-electron chi connectivity index (χ1n) is 10.0. The first-order valence-corrected chi connectivity index (χ1v) is 11.5. The first kappa shape index (κ1) is 23.4. The minimum atomic E-state index is -3.97. The van der Waals surface area contributed by atoms with Crippen molar-refractivity contribution in [3.8, 4) is 0 Å². The molecule has 0 atom stereocenters. The monoisotopic (exact) mass is 456 g/mol. The Kier molecular flexibility index (Phi) is 7.61. The van der Waals surface area contributed by atoms with Gasteiger partial charge >= 0.3 is 0 Å². The largest absolute Gasteiger partial charge is 0.383 e. The van der Waals surface area contributed by atoms with Gasteiger partial charge in [0, 0.05) is 31.5 Å². The lowest BCUT2D eigenvalue weighted by Crippen LogP contribution is -2.34. The zero-order chi connectivity index (χ0) is 23.1. The van der Waals surface area contributed by atoms with Gasteiger partial charge in [0.1, 0.15) is 5.82 Å². The maximum Gasteiger partial charge on any atom is 0.261 e. The Labute approximate surface area is 187 Å². The summed E-state index contributed by atoms with van der Waals surface area (Å²) in [5.74, 6) is -0.757. The zero-order valence-electron chi connectivity index (χ0n) is 17.9. The third kappa shape index (κ3) is 5.93. The summed E-state index contributed by atoms with van der Waals surface area (Å²) in [5.41, 5.74) is 2.13. The Morgan fingerprint density at radius 2 is 1.72 bits per heavy atom. The van der Waals surface area contributed by atoms with Crippen LogP contribution in [0.25, 0.3) is 0 Å². The van der Waals surface area contributed by atoms with Gasteiger partial charge in [-0.05, 0) is 54.4 Å². The number of methoxy groups -OCH3 is 1. The molecule has 0 aliphatic carbocycles. The molecule has 3 aromatic carbocycles. The molecule has 0 fully saturated rings. The third-order valence-electron chi connectivity index (χ3n) is 4.91. The molecule has 0 aromatic heterocycles. The number of carbonyl (C=O) groups is 1. The highest BCUT2D eigenvalue weighted by Gasteiger charge is 2.22. The van der Waals surface area contributed by atoms with Gasteiger partial charge in [0.05, 0.1) is 11.5 Å². The number of nitrogens with one attached hydrogen (secondary N) is 1. The number of carbonyl (C=O) groups excluding carboxylic acids is 1. The fourth-order valence-corrected chi connectivity index (χ4v) is 4.24. The van der Waals surface area contributed by atoms with E-state index in [-0.39, 0.29) is 16.5 Å². The molecule has 0 aliphatic rings. The van der Waals surface area contributed by atoms with Crippen molar-refractivity contribution in [2.75, 3.05) is 25.0 Å². The number of rotatable bonds is 9.